The largest absolute Gasteiger partial charge is 0.598 e. The van der Waals surface area contributed by atoms with Gasteiger partial charge in [0, 0.05) is 23.5 Å². The third-order valence-corrected chi connectivity index (χ3v) is 5.02. The Kier molecular flexibility index (Phi) is 5.61. The van der Waals surface area contributed by atoms with Crippen molar-refractivity contribution < 1.29 is 14.0 Å². The van der Waals surface area contributed by atoms with E-state index in [9.17, 15) is 14.0 Å². The van der Waals surface area contributed by atoms with Crippen LogP contribution in [0.2, 0.25) is 0 Å². The summed E-state index contributed by atoms with van der Waals surface area (Å²) < 4.78 is 29.2. The molecule has 1 aromatic rings. The highest BCUT2D eigenvalue weighted by Gasteiger charge is 2.38. The monoisotopic (exact) mass is 301 g/mol. The van der Waals surface area contributed by atoms with E-state index < -0.39 is 21.6 Å². The molecule has 1 aromatic carbocycles. The van der Waals surface area contributed by atoms with E-state index in [1.54, 1.807) is 32.0 Å². The molecule has 0 radical (unpaired) electrons. The second kappa shape index (κ2) is 6.43. The molecule has 0 aliphatic carbocycles. The maximum Gasteiger partial charge on any atom is 0.136 e. The van der Waals surface area contributed by atoms with Crippen molar-refractivity contribution in [3.63, 3.8) is 0 Å². The smallest absolute Gasteiger partial charge is 0.136 e. The van der Waals surface area contributed by atoms with Crippen molar-refractivity contribution in [2.75, 3.05) is 6.61 Å². The van der Waals surface area contributed by atoms with E-state index in [4.69, 9.17) is 0 Å². The highest BCUT2D eigenvalue weighted by Crippen LogP contribution is 2.31. The Labute approximate surface area is 123 Å². The molecule has 2 N–H and O–H groups in total. The third-order valence-electron chi connectivity index (χ3n) is 3.27. The second-order valence-corrected chi connectivity index (χ2v) is 8.19. The van der Waals surface area contributed by atoms with Crippen LogP contribution in [-0.4, -0.2) is 21.0 Å². The first-order valence-corrected chi connectivity index (χ1v) is 7.83. The number of hydrogen-bond donors (Lipinski definition) is 2. The van der Waals surface area contributed by atoms with Crippen LogP contribution in [0, 0.1) is 12.7 Å². The number of nitrogens with one attached hydrogen (secondary N) is 1. The zero-order valence-electron chi connectivity index (χ0n) is 12.8. The van der Waals surface area contributed by atoms with Crippen molar-refractivity contribution >= 4 is 11.4 Å². The summed E-state index contributed by atoms with van der Waals surface area (Å²) in [5, 5.41) is 9.28. The van der Waals surface area contributed by atoms with Gasteiger partial charge < -0.3 is 9.66 Å². The maximum atomic E-state index is 14.3. The van der Waals surface area contributed by atoms with Gasteiger partial charge >= 0.3 is 0 Å². The zero-order chi connectivity index (χ0) is 15.6. The highest BCUT2D eigenvalue weighted by molar-refractivity contribution is 7.90. The van der Waals surface area contributed by atoms with Gasteiger partial charge in [0.1, 0.15) is 10.6 Å². The molecule has 0 amide bonds. The Morgan fingerprint density at radius 3 is 2.40 bits per heavy atom. The molecular formula is C15H24FNO2S. The van der Waals surface area contributed by atoms with E-state index in [-0.39, 0.29) is 18.8 Å². The molecule has 0 aliphatic rings. The minimum atomic E-state index is -1.35. The van der Waals surface area contributed by atoms with Crippen LogP contribution in [0.1, 0.15) is 45.2 Å². The van der Waals surface area contributed by atoms with Crippen molar-refractivity contribution in [1.82, 2.24) is 4.72 Å². The molecule has 114 valence electrons. The molecule has 0 heterocycles. The predicted molar refractivity (Wildman–Crippen MR) is 81.2 cm³/mol. The maximum absolute atomic E-state index is 14.3. The zero-order valence-corrected chi connectivity index (χ0v) is 13.6. The van der Waals surface area contributed by atoms with Crippen LogP contribution in [-0.2, 0) is 16.9 Å². The van der Waals surface area contributed by atoms with E-state index in [1.807, 2.05) is 20.8 Å². The fraction of sp³-hybridized carbons (Fsp3) is 0.600. The summed E-state index contributed by atoms with van der Waals surface area (Å²) in [7, 11) is 0. The number of aliphatic hydroxyl groups excluding tert-OH is 1. The van der Waals surface area contributed by atoms with Gasteiger partial charge in [-0.3, -0.25) is 0 Å². The molecule has 0 saturated heterocycles. The number of aryl methyl sites for hydroxylation is 1. The minimum absolute atomic E-state index is 0.113. The van der Waals surface area contributed by atoms with Crippen LogP contribution in [0.5, 0.6) is 0 Å². The summed E-state index contributed by atoms with van der Waals surface area (Å²) in [6.45, 7) is 8.90. The first-order chi connectivity index (χ1) is 9.12. The van der Waals surface area contributed by atoms with E-state index in [2.05, 4.69) is 4.72 Å². The van der Waals surface area contributed by atoms with E-state index in [0.29, 0.717) is 11.1 Å². The number of rotatable bonds is 5. The Bertz CT molecular complexity index is 462. The molecule has 1 rings (SSSR count). The van der Waals surface area contributed by atoms with Gasteiger partial charge in [0.15, 0.2) is 0 Å². The molecule has 0 aliphatic heterocycles. The normalized spacial score (nSPS) is 16.8. The van der Waals surface area contributed by atoms with Crippen molar-refractivity contribution in [3.8, 4) is 0 Å². The van der Waals surface area contributed by atoms with Crippen LogP contribution in [0.4, 0.5) is 4.39 Å². The Morgan fingerprint density at radius 1 is 1.30 bits per heavy atom. The molecule has 5 heteroatoms. The number of benzene rings is 1. The lowest BCUT2D eigenvalue weighted by Gasteiger charge is -2.35. The van der Waals surface area contributed by atoms with E-state index >= 15 is 0 Å². The van der Waals surface area contributed by atoms with Gasteiger partial charge in [-0.25, -0.2) is 4.39 Å². The summed E-state index contributed by atoms with van der Waals surface area (Å²) in [4.78, 5) is 0. The van der Waals surface area contributed by atoms with Gasteiger partial charge in [0.25, 0.3) is 0 Å². The molecule has 0 spiro atoms. The molecule has 20 heavy (non-hydrogen) atoms. The average Bonchev–Trinajstić information content (AvgIpc) is 2.31. The first kappa shape index (κ1) is 17.4. The fourth-order valence-electron chi connectivity index (χ4n) is 1.90. The SMILES string of the molecule is Cc1cccc([C@](C)(CCO)N[S+]([O-])C(C)(C)C)c1F. The van der Waals surface area contributed by atoms with Gasteiger partial charge in [-0.15, -0.1) is 4.72 Å². The Hall–Kier alpha value is -0.620. The Balaban J connectivity index is 3.18. The standard InChI is InChI=1S/C15H24FNO2S/c1-11-7-6-8-12(13(11)16)15(5,9-10-18)17-20(19)14(2,3)4/h6-8,17-18H,9-10H2,1-5H3/t15-,20?/m0/s1. The van der Waals surface area contributed by atoms with Crippen molar-refractivity contribution in [2.24, 2.45) is 0 Å². The summed E-state index contributed by atoms with van der Waals surface area (Å²) in [6.07, 6.45) is 0.287. The molecule has 1 unspecified atom stereocenters. The second-order valence-electron chi connectivity index (χ2n) is 6.23. The van der Waals surface area contributed by atoms with Gasteiger partial charge in [-0.1, -0.05) is 18.2 Å². The number of halogens is 1. The lowest BCUT2D eigenvalue weighted by molar-refractivity contribution is 0.234. The van der Waals surface area contributed by atoms with Crippen LogP contribution in [0.15, 0.2) is 18.2 Å². The summed E-state index contributed by atoms with van der Waals surface area (Å²) in [6, 6.07) is 5.13. The third kappa shape index (κ3) is 3.95. The van der Waals surface area contributed by atoms with Crippen LogP contribution < -0.4 is 4.72 Å². The summed E-state index contributed by atoms with van der Waals surface area (Å²) in [5.74, 6) is -0.318. The van der Waals surface area contributed by atoms with E-state index in [1.165, 1.54) is 0 Å². The highest BCUT2D eigenvalue weighted by atomic mass is 32.2. The van der Waals surface area contributed by atoms with Crippen LogP contribution in [0.25, 0.3) is 0 Å². The molecule has 0 fully saturated rings. The van der Waals surface area contributed by atoms with Crippen molar-refractivity contribution in [1.29, 1.82) is 0 Å². The van der Waals surface area contributed by atoms with Crippen molar-refractivity contribution in [3.05, 3.63) is 35.1 Å². The summed E-state index contributed by atoms with van der Waals surface area (Å²) >= 11 is -1.35. The lowest BCUT2D eigenvalue weighted by atomic mass is 9.88. The molecule has 0 bridgehead atoms. The molecule has 0 saturated carbocycles. The minimum Gasteiger partial charge on any atom is -0.598 e. The lowest BCUT2D eigenvalue weighted by Crippen LogP contribution is -2.50. The molecular weight excluding hydrogens is 277 g/mol. The van der Waals surface area contributed by atoms with Crippen molar-refractivity contribution in [2.45, 2.75) is 51.3 Å². The summed E-state index contributed by atoms with van der Waals surface area (Å²) in [5.41, 5.74) is 0.0994. The molecule has 2 atom stereocenters. The molecule has 0 aromatic heterocycles. The predicted octanol–water partition coefficient (Wildman–Crippen LogP) is 2.78. The Morgan fingerprint density at radius 2 is 1.90 bits per heavy atom. The van der Waals surface area contributed by atoms with Crippen LogP contribution in [0.3, 0.4) is 0 Å². The first-order valence-electron chi connectivity index (χ1n) is 6.68. The van der Waals surface area contributed by atoms with Gasteiger partial charge in [0.05, 0.1) is 5.54 Å². The fourth-order valence-corrected chi connectivity index (χ4v) is 2.82. The van der Waals surface area contributed by atoms with Gasteiger partial charge in [-0.05, 0) is 46.6 Å². The topological polar surface area (TPSA) is 55.3 Å². The quantitative estimate of drug-likeness (QED) is 0.822. The number of hydrogen-bond acceptors (Lipinski definition) is 3. The van der Waals surface area contributed by atoms with E-state index in [0.717, 1.165) is 0 Å². The average molecular weight is 301 g/mol. The molecule has 3 nitrogen and oxygen atoms in total. The van der Waals surface area contributed by atoms with Crippen LogP contribution >= 0.6 is 0 Å². The van der Waals surface area contributed by atoms with Gasteiger partial charge in [0.2, 0.25) is 0 Å². The number of aliphatic hydroxyl groups is 1. The van der Waals surface area contributed by atoms with Gasteiger partial charge in [-0.2, -0.15) is 0 Å².